The fourth-order valence-electron chi connectivity index (χ4n) is 1.96. The van der Waals surface area contributed by atoms with Gasteiger partial charge in [-0.1, -0.05) is 19.9 Å². The first kappa shape index (κ1) is 13.3. The van der Waals surface area contributed by atoms with Gasteiger partial charge in [-0.2, -0.15) is 0 Å². The Morgan fingerprint density at radius 2 is 2.17 bits per heavy atom. The van der Waals surface area contributed by atoms with E-state index in [0.29, 0.717) is 12.5 Å². The predicted molar refractivity (Wildman–Crippen MR) is 77.5 cm³/mol. The molecule has 1 aromatic heterocycles. The molecule has 0 saturated heterocycles. The van der Waals surface area contributed by atoms with Crippen molar-refractivity contribution in [2.45, 2.75) is 27.3 Å². The molecule has 1 aromatic carbocycles. The predicted octanol–water partition coefficient (Wildman–Crippen LogP) is 3.68. The van der Waals surface area contributed by atoms with Crippen LogP contribution in [0.25, 0.3) is 11.0 Å². The number of nitrogens with one attached hydrogen (secondary N) is 1. The Morgan fingerprint density at radius 3 is 2.89 bits per heavy atom. The second-order valence-corrected chi connectivity index (χ2v) is 5.46. The number of nitrogens with zero attached hydrogens (tertiary/aromatic N) is 1. The van der Waals surface area contributed by atoms with Gasteiger partial charge in [-0.15, -0.1) is 0 Å². The standard InChI is InChI=1S/C14H20N2OS/c1-10(2)9-17-7-6-16-13-8-11(3)4-5-12(13)15-14(16)18/h4-5,8,10H,6-7,9H2,1-3H3,(H,15,18). The van der Waals surface area contributed by atoms with Crippen molar-refractivity contribution >= 4 is 23.3 Å². The minimum Gasteiger partial charge on any atom is -0.379 e. The van der Waals surface area contributed by atoms with E-state index in [-0.39, 0.29) is 0 Å². The van der Waals surface area contributed by atoms with Crippen molar-refractivity contribution in [2.24, 2.45) is 5.92 Å². The number of rotatable bonds is 5. The highest BCUT2D eigenvalue weighted by molar-refractivity contribution is 7.71. The molecule has 0 atom stereocenters. The zero-order valence-corrected chi connectivity index (χ0v) is 12.0. The number of imidazole rings is 1. The summed E-state index contributed by atoms with van der Waals surface area (Å²) in [7, 11) is 0. The van der Waals surface area contributed by atoms with E-state index >= 15 is 0 Å². The van der Waals surface area contributed by atoms with Crippen LogP contribution < -0.4 is 0 Å². The smallest absolute Gasteiger partial charge is 0.178 e. The molecule has 0 spiro atoms. The fraction of sp³-hybridized carbons (Fsp3) is 0.500. The number of fused-ring (bicyclic) bond motifs is 1. The summed E-state index contributed by atoms with van der Waals surface area (Å²) in [6.45, 7) is 8.70. The van der Waals surface area contributed by atoms with E-state index in [4.69, 9.17) is 17.0 Å². The Labute approximate surface area is 113 Å². The molecule has 3 nitrogen and oxygen atoms in total. The number of aromatic nitrogens is 2. The molecule has 0 amide bonds. The maximum Gasteiger partial charge on any atom is 0.178 e. The molecule has 1 heterocycles. The average Bonchev–Trinajstić information content (AvgIpc) is 2.60. The number of benzene rings is 1. The van der Waals surface area contributed by atoms with Gasteiger partial charge >= 0.3 is 0 Å². The maximum atomic E-state index is 5.62. The molecule has 0 aliphatic carbocycles. The van der Waals surface area contributed by atoms with Gasteiger partial charge in [0, 0.05) is 13.2 Å². The lowest BCUT2D eigenvalue weighted by Crippen LogP contribution is -2.09. The maximum absolute atomic E-state index is 5.62. The van der Waals surface area contributed by atoms with Gasteiger partial charge in [0.1, 0.15) is 0 Å². The highest BCUT2D eigenvalue weighted by Gasteiger charge is 2.04. The Morgan fingerprint density at radius 1 is 1.39 bits per heavy atom. The number of H-pyrrole nitrogens is 1. The third kappa shape index (κ3) is 3.00. The van der Waals surface area contributed by atoms with Gasteiger partial charge in [-0.05, 0) is 42.8 Å². The Hall–Kier alpha value is -1.13. The van der Waals surface area contributed by atoms with E-state index in [0.717, 1.165) is 29.0 Å². The van der Waals surface area contributed by atoms with Crippen LogP contribution in [-0.2, 0) is 11.3 Å². The zero-order valence-electron chi connectivity index (χ0n) is 11.2. The number of ether oxygens (including phenoxy) is 1. The normalized spacial score (nSPS) is 11.6. The van der Waals surface area contributed by atoms with Crippen molar-refractivity contribution in [3.05, 3.63) is 28.5 Å². The monoisotopic (exact) mass is 264 g/mol. The Kier molecular flexibility index (Phi) is 4.19. The van der Waals surface area contributed by atoms with Gasteiger partial charge < -0.3 is 14.3 Å². The number of aromatic amines is 1. The number of hydrogen-bond acceptors (Lipinski definition) is 2. The van der Waals surface area contributed by atoms with Gasteiger partial charge in [0.25, 0.3) is 0 Å². The van der Waals surface area contributed by atoms with E-state index in [1.807, 2.05) is 0 Å². The summed E-state index contributed by atoms with van der Waals surface area (Å²) in [4.78, 5) is 3.23. The minimum absolute atomic E-state index is 0.572. The Balaban J connectivity index is 2.14. The minimum atomic E-state index is 0.572. The molecule has 0 radical (unpaired) electrons. The van der Waals surface area contributed by atoms with Crippen molar-refractivity contribution in [2.75, 3.05) is 13.2 Å². The summed E-state index contributed by atoms with van der Waals surface area (Å²) in [6, 6.07) is 6.32. The van der Waals surface area contributed by atoms with Gasteiger partial charge in [-0.25, -0.2) is 0 Å². The molecule has 0 aliphatic rings. The van der Waals surface area contributed by atoms with E-state index in [2.05, 4.69) is 48.5 Å². The van der Waals surface area contributed by atoms with Crippen molar-refractivity contribution in [1.29, 1.82) is 0 Å². The summed E-state index contributed by atoms with van der Waals surface area (Å²) in [5.41, 5.74) is 3.50. The highest BCUT2D eigenvalue weighted by Crippen LogP contribution is 2.15. The van der Waals surface area contributed by atoms with E-state index in [1.54, 1.807) is 0 Å². The van der Waals surface area contributed by atoms with Crippen LogP contribution in [0.5, 0.6) is 0 Å². The second-order valence-electron chi connectivity index (χ2n) is 5.07. The third-order valence-corrected chi connectivity index (χ3v) is 3.16. The van der Waals surface area contributed by atoms with Crippen molar-refractivity contribution in [3.8, 4) is 0 Å². The Bertz CT molecular complexity index is 583. The van der Waals surface area contributed by atoms with Gasteiger partial charge in [0.05, 0.1) is 17.6 Å². The second kappa shape index (κ2) is 5.67. The van der Waals surface area contributed by atoms with Crippen LogP contribution in [0.3, 0.4) is 0 Å². The van der Waals surface area contributed by atoms with Crippen molar-refractivity contribution < 1.29 is 4.74 Å². The van der Waals surface area contributed by atoms with Crippen LogP contribution in [0.4, 0.5) is 0 Å². The molecule has 1 N–H and O–H groups in total. The molecular weight excluding hydrogens is 244 g/mol. The molecule has 2 rings (SSSR count). The molecule has 18 heavy (non-hydrogen) atoms. The average molecular weight is 264 g/mol. The lowest BCUT2D eigenvalue weighted by Gasteiger charge is -2.08. The third-order valence-electron chi connectivity index (χ3n) is 2.84. The topological polar surface area (TPSA) is 29.9 Å². The molecular formula is C14H20N2OS. The van der Waals surface area contributed by atoms with Crippen molar-refractivity contribution in [1.82, 2.24) is 9.55 Å². The van der Waals surface area contributed by atoms with E-state index in [9.17, 15) is 0 Å². The molecule has 0 unspecified atom stereocenters. The van der Waals surface area contributed by atoms with E-state index < -0.39 is 0 Å². The summed E-state index contributed by atoms with van der Waals surface area (Å²) >= 11 is 5.35. The van der Waals surface area contributed by atoms with Crippen LogP contribution in [-0.4, -0.2) is 22.8 Å². The van der Waals surface area contributed by atoms with Crippen LogP contribution in [0.15, 0.2) is 18.2 Å². The first-order chi connectivity index (χ1) is 8.58. The molecule has 0 bridgehead atoms. The molecule has 0 fully saturated rings. The molecule has 0 saturated carbocycles. The van der Waals surface area contributed by atoms with E-state index in [1.165, 1.54) is 5.56 Å². The fourth-order valence-corrected chi connectivity index (χ4v) is 2.26. The SMILES string of the molecule is Cc1ccc2[nH]c(=S)n(CCOCC(C)C)c2c1. The summed E-state index contributed by atoms with van der Waals surface area (Å²) < 4.78 is 8.50. The van der Waals surface area contributed by atoms with Gasteiger partial charge in [0.2, 0.25) is 0 Å². The molecule has 4 heteroatoms. The molecule has 2 aromatic rings. The lowest BCUT2D eigenvalue weighted by atomic mass is 10.2. The van der Waals surface area contributed by atoms with Crippen LogP contribution in [0.2, 0.25) is 0 Å². The number of hydrogen-bond donors (Lipinski definition) is 1. The summed E-state index contributed by atoms with van der Waals surface area (Å²) in [5, 5.41) is 0. The molecule has 0 aliphatic heterocycles. The first-order valence-electron chi connectivity index (χ1n) is 6.35. The van der Waals surface area contributed by atoms with Gasteiger partial charge in [-0.3, -0.25) is 0 Å². The summed E-state index contributed by atoms with van der Waals surface area (Å²) in [6.07, 6.45) is 0. The summed E-state index contributed by atoms with van der Waals surface area (Å²) in [5.74, 6) is 0.572. The first-order valence-corrected chi connectivity index (χ1v) is 6.75. The zero-order chi connectivity index (χ0) is 13.1. The van der Waals surface area contributed by atoms with Gasteiger partial charge in [0.15, 0.2) is 4.77 Å². The number of aryl methyl sites for hydroxylation is 1. The van der Waals surface area contributed by atoms with Crippen molar-refractivity contribution in [3.63, 3.8) is 0 Å². The van der Waals surface area contributed by atoms with Crippen LogP contribution in [0.1, 0.15) is 19.4 Å². The largest absolute Gasteiger partial charge is 0.379 e. The molecule has 98 valence electrons. The highest BCUT2D eigenvalue weighted by atomic mass is 32.1. The van der Waals surface area contributed by atoms with Crippen LogP contribution in [0, 0.1) is 17.6 Å². The quantitative estimate of drug-likeness (QED) is 0.659. The lowest BCUT2D eigenvalue weighted by molar-refractivity contribution is 0.103. The van der Waals surface area contributed by atoms with Crippen LogP contribution >= 0.6 is 12.2 Å².